The van der Waals surface area contributed by atoms with Crippen molar-refractivity contribution in [3.8, 4) is 5.75 Å². The molecule has 1 aliphatic heterocycles. The Hall–Kier alpha value is -1.76. The van der Waals surface area contributed by atoms with Crippen LogP contribution in [0.4, 0.5) is 5.69 Å². The lowest BCUT2D eigenvalue weighted by Crippen LogP contribution is -2.49. The summed E-state index contributed by atoms with van der Waals surface area (Å²) in [6.07, 6.45) is 0. The monoisotopic (exact) mass is 722 g/mol. The number of nitrogens with zero attached hydrogens (tertiary/aromatic N) is 1. The minimum Gasteiger partial charge on any atom is -0.497 e. The molecule has 0 aromatic heterocycles. The number of anilines is 1. The van der Waals surface area contributed by atoms with Crippen molar-refractivity contribution in [2.45, 2.75) is 19.9 Å². The summed E-state index contributed by atoms with van der Waals surface area (Å²) in [6, 6.07) is 5.40. The minimum absolute atomic E-state index is 0.127. The summed E-state index contributed by atoms with van der Waals surface area (Å²) in [6.45, 7) is 2.79. The summed E-state index contributed by atoms with van der Waals surface area (Å²) in [5.41, 5.74) is 0.749. The Morgan fingerprint density at radius 3 is 1.85 bits per heavy atom. The molecule has 0 aliphatic carbocycles. The number of halogens is 4. The van der Waals surface area contributed by atoms with Crippen LogP contribution in [0, 0.1) is 5.92 Å². The Bertz CT molecular complexity index is 1140. The first kappa shape index (κ1) is 26.8. The van der Waals surface area contributed by atoms with Gasteiger partial charge in [0.25, 0.3) is 17.7 Å². The van der Waals surface area contributed by atoms with Gasteiger partial charge < -0.3 is 14.8 Å². The molecule has 34 heavy (non-hydrogen) atoms. The molecule has 1 aliphatic rings. The van der Waals surface area contributed by atoms with Crippen molar-refractivity contribution < 1.29 is 28.7 Å². The average Bonchev–Trinajstić information content (AvgIpc) is 3.05. The van der Waals surface area contributed by atoms with Gasteiger partial charge in [0.05, 0.1) is 18.2 Å². The van der Waals surface area contributed by atoms with Gasteiger partial charge in [-0.15, -0.1) is 0 Å². The number of hydrogen-bond donors (Lipinski definition) is 1. The van der Waals surface area contributed by atoms with Gasteiger partial charge in [0.15, 0.2) is 6.61 Å². The molecule has 0 saturated heterocycles. The fraction of sp³-hybridized carbons (Fsp3) is 0.273. The van der Waals surface area contributed by atoms with Gasteiger partial charge in [0.2, 0.25) is 0 Å². The zero-order valence-corrected chi connectivity index (χ0v) is 24.4. The number of methoxy groups -OCH3 is 1. The van der Waals surface area contributed by atoms with E-state index < -0.39 is 42.3 Å². The van der Waals surface area contributed by atoms with Crippen LogP contribution in [-0.2, 0) is 14.3 Å². The standard InChI is InChI=1S/C22H18Br4N2O6/c1-9(2)19(22(32)34-8-12(29)27-10-4-6-11(33-3)7-5-10)28-20(30)13-14(21(28)31)16(24)18(26)17(25)15(13)23/h4-7,9,19H,8H2,1-3H3,(H,27,29). The Morgan fingerprint density at radius 2 is 1.41 bits per heavy atom. The molecular formula is C22H18Br4N2O6. The molecular weight excluding hydrogens is 708 g/mol. The number of esters is 1. The van der Waals surface area contributed by atoms with Crippen LogP contribution in [0.15, 0.2) is 42.2 Å². The molecule has 2 aromatic rings. The first-order chi connectivity index (χ1) is 16.0. The summed E-state index contributed by atoms with van der Waals surface area (Å²) >= 11 is 13.4. The fourth-order valence-electron chi connectivity index (χ4n) is 3.39. The summed E-state index contributed by atoms with van der Waals surface area (Å²) in [5.74, 6) is -2.55. The van der Waals surface area contributed by atoms with E-state index in [1.165, 1.54) is 7.11 Å². The fourth-order valence-corrected chi connectivity index (χ4v) is 5.85. The maximum atomic E-state index is 13.2. The molecule has 0 saturated carbocycles. The minimum atomic E-state index is -1.22. The molecule has 0 spiro atoms. The third-order valence-electron chi connectivity index (χ3n) is 5.00. The van der Waals surface area contributed by atoms with Crippen molar-refractivity contribution in [1.82, 2.24) is 4.90 Å². The third kappa shape index (κ3) is 5.09. The zero-order chi connectivity index (χ0) is 25.3. The number of benzene rings is 2. The molecule has 0 fully saturated rings. The highest BCUT2D eigenvalue weighted by Gasteiger charge is 2.47. The number of nitrogens with one attached hydrogen (secondary N) is 1. The number of rotatable bonds is 7. The summed E-state index contributed by atoms with van der Waals surface area (Å²) < 4.78 is 12.1. The van der Waals surface area contributed by atoms with Crippen LogP contribution in [-0.4, -0.2) is 48.3 Å². The van der Waals surface area contributed by atoms with Crippen molar-refractivity contribution in [3.05, 3.63) is 53.3 Å². The molecule has 1 atom stereocenters. The highest BCUT2D eigenvalue weighted by Crippen LogP contribution is 2.46. The van der Waals surface area contributed by atoms with Gasteiger partial charge in [-0.1, -0.05) is 13.8 Å². The van der Waals surface area contributed by atoms with E-state index in [2.05, 4.69) is 69.0 Å². The Kier molecular flexibility index (Phi) is 8.59. The number of imide groups is 1. The maximum Gasteiger partial charge on any atom is 0.330 e. The smallest absolute Gasteiger partial charge is 0.330 e. The number of carbonyl (C=O) groups is 4. The second kappa shape index (κ2) is 10.9. The zero-order valence-electron chi connectivity index (χ0n) is 18.1. The van der Waals surface area contributed by atoms with E-state index in [0.717, 1.165) is 4.90 Å². The highest BCUT2D eigenvalue weighted by molar-refractivity contribution is 9.15. The van der Waals surface area contributed by atoms with Crippen molar-refractivity contribution in [1.29, 1.82) is 0 Å². The largest absolute Gasteiger partial charge is 0.497 e. The van der Waals surface area contributed by atoms with Gasteiger partial charge >= 0.3 is 5.97 Å². The molecule has 3 amide bonds. The van der Waals surface area contributed by atoms with E-state index in [1.54, 1.807) is 38.1 Å². The van der Waals surface area contributed by atoms with Crippen molar-refractivity contribution >= 4 is 93.1 Å². The Labute approximate surface area is 229 Å². The highest BCUT2D eigenvalue weighted by atomic mass is 79.9. The first-order valence-corrected chi connectivity index (χ1v) is 13.0. The van der Waals surface area contributed by atoms with Gasteiger partial charge in [-0.2, -0.15) is 0 Å². The molecule has 1 heterocycles. The SMILES string of the molecule is COc1ccc(NC(=O)COC(=O)C(C(C)C)N2C(=O)c3c(Br)c(Br)c(Br)c(Br)c3C2=O)cc1. The lowest BCUT2D eigenvalue weighted by molar-refractivity contribution is -0.152. The lowest BCUT2D eigenvalue weighted by Gasteiger charge is -2.27. The summed E-state index contributed by atoms with van der Waals surface area (Å²) in [4.78, 5) is 52.6. The van der Waals surface area contributed by atoms with Crippen LogP contribution in [0.1, 0.15) is 34.6 Å². The van der Waals surface area contributed by atoms with E-state index in [0.29, 0.717) is 29.3 Å². The van der Waals surface area contributed by atoms with Crippen LogP contribution in [0.3, 0.4) is 0 Å². The number of carbonyl (C=O) groups excluding carboxylic acids is 4. The van der Waals surface area contributed by atoms with Gasteiger partial charge in [0.1, 0.15) is 11.8 Å². The second-order valence-corrected chi connectivity index (χ2v) is 10.7. The number of amides is 3. The van der Waals surface area contributed by atoms with E-state index >= 15 is 0 Å². The third-order valence-corrected chi connectivity index (χ3v) is 9.77. The molecule has 8 nitrogen and oxygen atoms in total. The average molecular weight is 726 g/mol. The Balaban J connectivity index is 1.78. The number of hydrogen-bond acceptors (Lipinski definition) is 6. The summed E-state index contributed by atoms with van der Waals surface area (Å²) in [7, 11) is 1.53. The van der Waals surface area contributed by atoms with Crippen molar-refractivity contribution in [3.63, 3.8) is 0 Å². The first-order valence-electron chi connectivity index (χ1n) is 9.83. The molecule has 1 unspecified atom stereocenters. The predicted molar refractivity (Wildman–Crippen MR) is 139 cm³/mol. The van der Waals surface area contributed by atoms with E-state index in [9.17, 15) is 19.2 Å². The topological polar surface area (TPSA) is 102 Å². The van der Waals surface area contributed by atoms with Crippen LogP contribution in [0.2, 0.25) is 0 Å². The quantitative estimate of drug-likeness (QED) is 0.174. The van der Waals surface area contributed by atoms with E-state index in [1.807, 2.05) is 0 Å². The molecule has 180 valence electrons. The Morgan fingerprint density at radius 1 is 0.912 bits per heavy atom. The van der Waals surface area contributed by atoms with Crippen molar-refractivity contribution in [2.24, 2.45) is 5.92 Å². The molecule has 1 N–H and O–H groups in total. The number of ether oxygens (including phenoxy) is 2. The van der Waals surface area contributed by atoms with Gasteiger partial charge in [-0.25, -0.2) is 4.79 Å². The molecule has 0 radical (unpaired) electrons. The van der Waals surface area contributed by atoms with E-state index in [-0.39, 0.29) is 11.1 Å². The van der Waals surface area contributed by atoms with E-state index in [4.69, 9.17) is 9.47 Å². The predicted octanol–water partition coefficient (Wildman–Crippen LogP) is 5.55. The van der Waals surface area contributed by atoms with Crippen LogP contribution >= 0.6 is 63.7 Å². The maximum absolute atomic E-state index is 13.2. The molecule has 3 rings (SSSR count). The normalized spacial score (nSPS) is 13.7. The molecule has 12 heteroatoms. The van der Waals surface area contributed by atoms with Crippen LogP contribution in [0.25, 0.3) is 0 Å². The van der Waals surface area contributed by atoms with Gasteiger partial charge in [-0.3, -0.25) is 19.3 Å². The lowest BCUT2D eigenvalue weighted by atomic mass is 10.0. The van der Waals surface area contributed by atoms with Crippen molar-refractivity contribution in [2.75, 3.05) is 19.0 Å². The van der Waals surface area contributed by atoms with Gasteiger partial charge in [0, 0.05) is 23.6 Å². The number of fused-ring (bicyclic) bond motifs is 1. The van der Waals surface area contributed by atoms with Crippen LogP contribution in [0.5, 0.6) is 5.75 Å². The molecule has 0 bridgehead atoms. The molecule has 2 aromatic carbocycles. The summed E-state index contributed by atoms with van der Waals surface area (Å²) in [5, 5.41) is 2.60. The second-order valence-electron chi connectivity index (χ2n) is 7.56. The van der Waals surface area contributed by atoms with Gasteiger partial charge in [-0.05, 0) is 93.9 Å². The van der Waals surface area contributed by atoms with Crippen LogP contribution < -0.4 is 10.1 Å².